The molecule has 7 heteroatoms. The third-order valence-electron chi connectivity index (χ3n) is 3.80. The number of aromatic nitrogens is 1. The summed E-state index contributed by atoms with van der Waals surface area (Å²) in [7, 11) is 4.60. The predicted molar refractivity (Wildman–Crippen MR) is 97.4 cm³/mol. The molecule has 2 aromatic carbocycles. The molecule has 3 aromatic rings. The van der Waals surface area contributed by atoms with Crippen molar-refractivity contribution in [2.45, 2.75) is 0 Å². The number of halogens is 1. The van der Waals surface area contributed by atoms with Gasteiger partial charge in [-0.25, -0.2) is 0 Å². The maximum atomic E-state index is 12.6. The summed E-state index contributed by atoms with van der Waals surface area (Å²) in [5.74, 6) is 1.29. The molecule has 0 unspecified atom stereocenters. The summed E-state index contributed by atoms with van der Waals surface area (Å²) in [6, 6.07) is 10.5. The van der Waals surface area contributed by atoms with Gasteiger partial charge in [0.2, 0.25) is 0 Å². The van der Waals surface area contributed by atoms with Crippen LogP contribution in [0.3, 0.4) is 0 Å². The summed E-state index contributed by atoms with van der Waals surface area (Å²) >= 11 is 6.08. The fraction of sp³-hybridized carbons (Fsp3) is 0.167. The molecule has 0 radical (unpaired) electrons. The van der Waals surface area contributed by atoms with E-state index >= 15 is 0 Å². The van der Waals surface area contributed by atoms with Crippen molar-refractivity contribution in [1.29, 1.82) is 0 Å². The molecule has 0 bridgehead atoms. The number of carbonyl (C=O) groups excluding carboxylic acids is 1. The van der Waals surface area contributed by atoms with Crippen molar-refractivity contribution in [3.05, 3.63) is 47.1 Å². The number of fused-ring (bicyclic) bond motifs is 1. The number of hydrogen-bond donors (Lipinski definition) is 2. The van der Waals surface area contributed by atoms with Crippen LogP contribution in [-0.2, 0) is 0 Å². The highest BCUT2D eigenvalue weighted by atomic mass is 35.5. The van der Waals surface area contributed by atoms with Gasteiger partial charge in [0.05, 0.1) is 32.0 Å². The van der Waals surface area contributed by atoms with Gasteiger partial charge in [0.1, 0.15) is 22.9 Å². The molecule has 1 aromatic heterocycles. The number of nitrogens with one attached hydrogen (secondary N) is 2. The fourth-order valence-electron chi connectivity index (χ4n) is 2.50. The lowest BCUT2D eigenvalue weighted by atomic mass is 10.2. The summed E-state index contributed by atoms with van der Waals surface area (Å²) in [5, 5.41) is 4.11. The van der Waals surface area contributed by atoms with Crippen LogP contribution in [-0.4, -0.2) is 32.2 Å². The molecule has 6 nitrogen and oxygen atoms in total. The molecule has 0 aliphatic rings. The molecule has 0 saturated carbocycles. The molecule has 0 saturated heterocycles. The van der Waals surface area contributed by atoms with E-state index in [9.17, 15) is 4.79 Å². The van der Waals surface area contributed by atoms with Gasteiger partial charge in [0, 0.05) is 29.1 Å². The molecule has 2 N–H and O–H groups in total. The van der Waals surface area contributed by atoms with Gasteiger partial charge in [-0.2, -0.15) is 0 Å². The molecule has 1 amide bonds. The second-order valence-corrected chi connectivity index (χ2v) is 5.68. The highest BCUT2D eigenvalue weighted by molar-refractivity contribution is 6.32. The lowest BCUT2D eigenvalue weighted by Gasteiger charge is -2.12. The van der Waals surface area contributed by atoms with Crippen molar-refractivity contribution in [2.24, 2.45) is 0 Å². The Morgan fingerprint density at radius 2 is 1.76 bits per heavy atom. The van der Waals surface area contributed by atoms with Crippen molar-refractivity contribution in [1.82, 2.24) is 4.98 Å². The van der Waals surface area contributed by atoms with E-state index in [0.717, 1.165) is 10.9 Å². The Morgan fingerprint density at radius 1 is 1.00 bits per heavy atom. The number of H-pyrrole nitrogens is 1. The molecule has 0 aliphatic heterocycles. The van der Waals surface area contributed by atoms with Crippen LogP contribution >= 0.6 is 11.6 Å². The van der Waals surface area contributed by atoms with Crippen LogP contribution in [0.2, 0.25) is 5.02 Å². The first-order valence-corrected chi connectivity index (χ1v) is 7.83. The van der Waals surface area contributed by atoms with Gasteiger partial charge in [-0.15, -0.1) is 0 Å². The first kappa shape index (κ1) is 17.0. The molecule has 0 aliphatic carbocycles. The van der Waals surface area contributed by atoms with Crippen LogP contribution in [0.15, 0.2) is 36.4 Å². The van der Waals surface area contributed by atoms with E-state index in [-0.39, 0.29) is 5.91 Å². The molecule has 25 heavy (non-hydrogen) atoms. The zero-order valence-corrected chi connectivity index (χ0v) is 14.7. The lowest BCUT2D eigenvalue weighted by molar-refractivity contribution is 0.102. The molecule has 1 heterocycles. The van der Waals surface area contributed by atoms with E-state index in [2.05, 4.69) is 10.3 Å². The molecule has 3 rings (SSSR count). The SMILES string of the molecule is COc1ccc2cc(C(=O)Nc3cc(OC)c(Cl)cc3OC)[nH]c2c1. The highest BCUT2D eigenvalue weighted by Crippen LogP contribution is 2.36. The highest BCUT2D eigenvalue weighted by Gasteiger charge is 2.15. The van der Waals surface area contributed by atoms with Crippen LogP contribution in [0.5, 0.6) is 17.2 Å². The molecule has 0 fully saturated rings. The summed E-state index contributed by atoms with van der Waals surface area (Å²) in [6.07, 6.45) is 0. The number of methoxy groups -OCH3 is 3. The number of rotatable bonds is 5. The second kappa shape index (κ2) is 6.94. The van der Waals surface area contributed by atoms with E-state index in [1.54, 1.807) is 25.3 Å². The van der Waals surface area contributed by atoms with E-state index < -0.39 is 0 Å². The van der Waals surface area contributed by atoms with Crippen molar-refractivity contribution in [3.8, 4) is 17.2 Å². The number of hydrogen-bond acceptors (Lipinski definition) is 4. The van der Waals surface area contributed by atoms with Gasteiger partial charge in [-0.1, -0.05) is 11.6 Å². The Bertz CT molecular complexity index is 936. The average Bonchev–Trinajstić information content (AvgIpc) is 3.05. The minimum atomic E-state index is -0.308. The zero-order valence-electron chi connectivity index (χ0n) is 14.0. The smallest absolute Gasteiger partial charge is 0.272 e. The Kier molecular flexibility index (Phi) is 4.72. The summed E-state index contributed by atoms with van der Waals surface area (Å²) < 4.78 is 15.6. The Hall–Kier alpha value is -2.86. The van der Waals surface area contributed by atoms with Crippen LogP contribution in [0, 0.1) is 0 Å². The molecular formula is C18H17ClN2O4. The summed E-state index contributed by atoms with van der Waals surface area (Å²) in [5.41, 5.74) is 1.69. The normalized spacial score (nSPS) is 10.6. The predicted octanol–water partition coefficient (Wildman–Crippen LogP) is 4.10. The minimum Gasteiger partial charge on any atom is -0.497 e. The van der Waals surface area contributed by atoms with Gasteiger partial charge in [0.15, 0.2) is 0 Å². The first-order valence-electron chi connectivity index (χ1n) is 7.45. The molecule has 0 atom stereocenters. The van der Waals surface area contributed by atoms with Gasteiger partial charge >= 0.3 is 0 Å². The molecule has 130 valence electrons. The number of benzene rings is 2. The Balaban J connectivity index is 1.92. The number of anilines is 1. The average molecular weight is 361 g/mol. The van der Waals surface area contributed by atoms with Crippen LogP contribution in [0.25, 0.3) is 10.9 Å². The molecular weight excluding hydrogens is 344 g/mol. The second-order valence-electron chi connectivity index (χ2n) is 5.28. The van der Waals surface area contributed by atoms with Crippen LogP contribution in [0.4, 0.5) is 5.69 Å². The minimum absolute atomic E-state index is 0.308. The largest absolute Gasteiger partial charge is 0.497 e. The van der Waals surface area contributed by atoms with Crippen molar-refractivity contribution < 1.29 is 19.0 Å². The quantitative estimate of drug-likeness (QED) is 0.718. The van der Waals surface area contributed by atoms with Gasteiger partial charge in [-0.05, 0) is 18.2 Å². The van der Waals surface area contributed by atoms with Crippen molar-refractivity contribution >= 4 is 34.1 Å². The number of aromatic amines is 1. The first-order chi connectivity index (χ1) is 12.0. The number of amides is 1. The van der Waals surface area contributed by atoms with Gasteiger partial charge in [-0.3, -0.25) is 4.79 Å². The van der Waals surface area contributed by atoms with E-state index in [1.165, 1.54) is 14.2 Å². The monoisotopic (exact) mass is 360 g/mol. The Morgan fingerprint density at radius 3 is 2.44 bits per heavy atom. The number of carbonyl (C=O) groups is 1. The van der Waals surface area contributed by atoms with Crippen molar-refractivity contribution in [2.75, 3.05) is 26.6 Å². The van der Waals surface area contributed by atoms with E-state index in [0.29, 0.717) is 33.7 Å². The van der Waals surface area contributed by atoms with Crippen molar-refractivity contribution in [3.63, 3.8) is 0 Å². The maximum Gasteiger partial charge on any atom is 0.272 e. The third kappa shape index (κ3) is 3.34. The van der Waals surface area contributed by atoms with Crippen LogP contribution in [0.1, 0.15) is 10.5 Å². The number of ether oxygens (including phenoxy) is 3. The third-order valence-corrected chi connectivity index (χ3v) is 4.09. The fourth-order valence-corrected chi connectivity index (χ4v) is 2.73. The maximum absolute atomic E-state index is 12.6. The lowest BCUT2D eigenvalue weighted by Crippen LogP contribution is -2.13. The van der Waals surface area contributed by atoms with Gasteiger partial charge < -0.3 is 24.5 Å². The summed E-state index contributed by atoms with van der Waals surface area (Å²) in [6.45, 7) is 0. The van der Waals surface area contributed by atoms with Gasteiger partial charge in [0.25, 0.3) is 5.91 Å². The zero-order chi connectivity index (χ0) is 18.0. The Labute approximate surface area is 149 Å². The molecule has 0 spiro atoms. The topological polar surface area (TPSA) is 72.6 Å². The standard InChI is InChI=1S/C18H17ClN2O4/c1-23-11-5-4-10-6-15(20-13(10)7-11)18(22)21-14-9-16(24-2)12(19)8-17(14)25-3/h4-9,20H,1-3H3,(H,21,22). The van der Waals surface area contributed by atoms with Crippen LogP contribution < -0.4 is 19.5 Å². The van der Waals surface area contributed by atoms with E-state index in [1.807, 2.05) is 18.2 Å². The van der Waals surface area contributed by atoms with E-state index in [4.69, 9.17) is 25.8 Å². The summed E-state index contributed by atoms with van der Waals surface area (Å²) in [4.78, 5) is 15.7.